The molecular weight excluding hydrogens is 334 g/mol. The Morgan fingerprint density at radius 3 is 2.62 bits per heavy atom. The molecular formula is C18H21N5O3. The van der Waals surface area contributed by atoms with Gasteiger partial charge in [0.2, 0.25) is 11.9 Å². The maximum absolute atomic E-state index is 12.6. The molecule has 0 saturated carbocycles. The lowest BCUT2D eigenvalue weighted by atomic mass is 9.88. The van der Waals surface area contributed by atoms with E-state index in [1.807, 2.05) is 19.1 Å². The standard InChI is InChI=1S/C18H21N5O3/c1-12-2-7-20-18(22-12)23-10-14(8-15(11-23)17(25)26)16(24)21-9-13-3-5-19-6-4-13/h2-7,14-15H,8-11H2,1H3,(H,21,24)(H,25,26)/t14-,15+/m0/s1. The summed E-state index contributed by atoms with van der Waals surface area (Å²) in [5.74, 6) is -1.68. The van der Waals surface area contributed by atoms with Gasteiger partial charge in [-0.05, 0) is 37.1 Å². The van der Waals surface area contributed by atoms with Gasteiger partial charge >= 0.3 is 5.97 Å². The zero-order chi connectivity index (χ0) is 18.5. The topological polar surface area (TPSA) is 108 Å². The Morgan fingerprint density at radius 1 is 1.19 bits per heavy atom. The number of aromatic nitrogens is 3. The van der Waals surface area contributed by atoms with Crippen molar-refractivity contribution in [2.45, 2.75) is 19.9 Å². The zero-order valence-electron chi connectivity index (χ0n) is 14.5. The van der Waals surface area contributed by atoms with E-state index in [1.165, 1.54) is 0 Å². The summed E-state index contributed by atoms with van der Waals surface area (Å²) in [4.78, 5) is 38.5. The SMILES string of the molecule is Cc1ccnc(N2C[C@H](C(=O)O)C[C@H](C(=O)NCc3ccncc3)C2)n1. The van der Waals surface area contributed by atoms with Gasteiger partial charge < -0.3 is 15.3 Å². The Bertz CT molecular complexity index is 783. The Morgan fingerprint density at radius 2 is 1.92 bits per heavy atom. The quantitative estimate of drug-likeness (QED) is 0.824. The molecule has 8 nitrogen and oxygen atoms in total. The van der Waals surface area contributed by atoms with Gasteiger partial charge in [0.25, 0.3) is 0 Å². The molecule has 0 aliphatic carbocycles. The predicted octanol–water partition coefficient (Wildman–Crippen LogP) is 1.02. The first-order chi connectivity index (χ1) is 12.5. The highest BCUT2D eigenvalue weighted by Crippen LogP contribution is 2.25. The van der Waals surface area contributed by atoms with Crippen LogP contribution < -0.4 is 10.2 Å². The highest BCUT2D eigenvalue weighted by Gasteiger charge is 2.36. The van der Waals surface area contributed by atoms with E-state index in [2.05, 4.69) is 20.3 Å². The van der Waals surface area contributed by atoms with Crippen LogP contribution in [0.4, 0.5) is 5.95 Å². The summed E-state index contributed by atoms with van der Waals surface area (Å²) in [6, 6.07) is 5.43. The number of anilines is 1. The highest BCUT2D eigenvalue weighted by molar-refractivity contribution is 5.81. The van der Waals surface area contributed by atoms with Gasteiger partial charge in [-0.15, -0.1) is 0 Å². The maximum atomic E-state index is 12.6. The molecule has 0 radical (unpaired) electrons. The van der Waals surface area contributed by atoms with Crippen molar-refractivity contribution in [1.82, 2.24) is 20.3 Å². The summed E-state index contributed by atoms with van der Waals surface area (Å²) >= 11 is 0. The van der Waals surface area contributed by atoms with Crippen LogP contribution in [0.3, 0.4) is 0 Å². The third-order valence-corrected chi connectivity index (χ3v) is 4.45. The molecule has 136 valence electrons. The van der Waals surface area contributed by atoms with Crippen molar-refractivity contribution >= 4 is 17.8 Å². The Hall–Kier alpha value is -3.03. The van der Waals surface area contributed by atoms with Gasteiger partial charge in [-0.3, -0.25) is 14.6 Å². The number of nitrogens with one attached hydrogen (secondary N) is 1. The summed E-state index contributed by atoms with van der Waals surface area (Å²) in [6.07, 6.45) is 5.28. The monoisotopic (exact) mass is 355 g/mol. The molecule has 0 aromatic carbocycles. The van der Waals surface area contributed by atoms with E-state index >= 15 is 0 Å². The zero-order valence-corrected chi connectivity index (χ0v) is 14.5. The van der Waals surface area contributed by atoms with E-state index in [4.69, 9.17) is 0 Å². The minimum absolute atomic E-state index is 0.162. The second-order valence-corrected chi connectivity index (χ2v) is 6.44. The smallest absolute Gasteiger partial charge is 0.308 e. The average Bonchev–Trinajstić information content (AvgIpc) is 2.66. The molecule has 1 saturated heterocycles. The van der Waals surface area contributed by atoms with E-state index in [9.17, 15) is 14.7 Å². The van der Waals surface area contributed by atoms with Gasteiger partial charge in [0, 0.05) is 43.9 Å². The number of hydrogen-bond acceptors (Lipinski definition) is 6. The molecule has 2 aromatic rings. The largest absolute Gasteiger partial charge is 0.481 e. The molecule has 0 bridgehead atoms. The molecule has 3 rings (SSSR count). The Labute approximate surface area is 151 Å². The molecule has 2 atom stereocenters. The normalized spacial score (nSPS) is 19.8. The number of aliphatic carboxylic acids is 1. The molecule has 2 N–H and O–H groups in total. The first kappa shape index (κ1) is 17.8. The number of rotatable bonds is 5. The van der Waals surface area contributed by atoms with Crippen molar-refractivity contribution in [3.05, 3.63) is 48.0 Å². The van der Waals surface area contributed by atoms with E-state index in [1.54, 1.807) is 29.6 Å². The molecule has 3 heterocycles. The minimum Gasteiger partial charge on any atom is -0.481 e. The average molecular weight is 355 g/mol. The van der Waals surface area contributed by atoms with Gasteiger partial charge in [0.05, 0.1) is 11.8 Å². The fourth-order valence-corrected chi connectivity index (χ4v) is 3.05. The number of piperidine rings is 1. The van der Waals surface area contributed by atoms with Crippen LogP contribution in [-0.2, 0) is 16.1 Å². The summed E-state index contributed by atoms with van der Waals surface area (Å²) in [6.45, 7) is 2.93. The summed E-state index contributed by atoms with van der Waals surface area (Å²) in [7, 11) is 0. The number of carboxylic acid groups (broad SMARTS) is 1. The predicted molar refractivity (Wildman–Crippen MR) is 94.3 cm³/mol. The molecule has 8 heteroatoms. The molecule has 1 fully saturated rings. The van der Waals surface area contributed by atoms with Crippen LogP contribution >= 0.6 is 0 Å². The van der Waals surface area contributed by atoms with Gasteiger partial charge in [-0.2, -0.15) is 0 Å². The highest BCUT2D eigenvalue weighted by atomic mass is 16.4. The number of pyridine rings is 1. The van der Waals surface area contributed by atoms with E-state index in [0.717, 1.165) is 11.3 Å². The van der Waals surface area contributed by atoms with E-state index in [0.29, 0.717) is 32.0 Å². The molecule has 1 amide bonds. The minimum atomic E-state index is -0.908. The summed E-state index contributed by atoms with van der Waals surface area (Å²) in [5.41, 5.74) is 1.74. The first-order valence-corrected chi connectivity index (χ1v) is 8.47. The number of hydrogen-bond donors (Lipinski definition) is 2. The van der Waals surface area contributed by atoms with Crippen LogP contribution in [0.15, 0.2) is 36.8 Å². The van der Waals surface area contributed by atoms with E-state index < -0.39 is 17.8 Å². The maximum Gasteiger partial charge on any atom is 0.308 e. The van der Waals surface area contributed by atoms with Crippen molar-refractivity contribution in [2.75, 3.05) is 18.0 Å². The van der Waals surface area contributed by atoms with Crippen molar-refractivity contribution in [3.8, 4) is 0 Å². The fraction of sp³-hybridized carbons (Fsp3) is 0.389. The van der Waals surface area contributed by atoms with Gasteiger partial charge in [-0.25, -0.2) is 9.97 Å². The van der Waals surface area contributed by atoms with Crippen molar-refractivity contribution in [2.24, 2.45) is 11.8 Å². The van der Waals surface area contributed by atoms with Crippen molar-refractivity contribution in [1.29, 1.82) is 0 Å². The lowest BCUT2D eigenvalue weighted by molar-refractivity contribution is -0.143. The lowest BCUT2D eigenvalue weighted by Crippen LogP contribution is -2.48. The van der Waals surface area contributed by atoms with Crippen LogP contribution in [0.5, 0.6) is 0 Å². The first-order valence-electron chi connectivity index (χ1n) is 8.47. The molecule has 0 unspecified atom stereocenters. The number of carbonyl (C=O) groups is 2. The van der Waals surface area contributed by atoms with Crippen molar-refractivity contribution < 1.29 is 14.7 Å². The van der Waals surface area contributed by atoms with Gasteiger partial charge in [0.15, 0.2) is 0 Å². The van der Waals surface area contributed by atoms with Gasteiger partial charge in [0.1, 0.15) is 0 Å². The number of aryl methyl sites for hydroxylation is 1. The molecule has 2 aromatic heterocycles. The molecule has 1 aliphatic heterocycles. The Kier molecular flexibility index (Phi) is 5.40. The number of carboxylic acids is 1. The summed E-state index contributed by atoms with van der Waals surface area (Å²) in [5, 5.41) is 12.3. The second-order valence-electron chi connectivity index (χ2n) is 6.44. The fourth-order valence-electron chi connectivity index (χ4n) is 3.05. The Balaban J connectivity index is 1.70. The van der Waals surface area contributed by atoms with Crippen molar-refractivity contribution in [3.63, 3.8) is 0 Å². The lowest BCUT2D eigenvalue weighted by Gasteiger charge is -2.35. The second kappa shape index (κ2) is 7.90. The van der Waals surface area contributed by atoms with Crippen LogP contribution in [0.2, 0.25) is 0 Å². The number of nitrogens with zero attached hydrogens (tertiary/aromatic N) is 4. The van der Waals surface area contributed by atoms with Gasteiger partial charge in [-0.1, -0.05) is 0 Å². The van der Waals surface area contributed by atoms with E-state index in [-0.39, 0.29) is 5.91 Å². The van der Waals surface area contributed by atoms with Crippen LogP contribution in [0.1, 0.15) is 17.7 Å². The van der Waals surface area contributed by atoms with Crippen LogP contribution in [-0.4, -0.2) is 45.0 Å². The number of carbonyl (C=O) groups excluding carboxylic acids is 1. The number of amides is 1. The molecule has 0 spiro atoms. The van der Waals surface area contributed by atoms with Crippen LogP contribution in [0.25, 0.3) is 0 Å². The molecule has 26 heavy (non-hydrogen) atoms. The third kappa shape index (κ3) is 4.33. The summed E-state index contributed by atoms with van der Waals surface area (Å²) < 4.78 is 0. The van der Waals surface area contributed by atoms with Crippen LogP contribution in [0, 0.1) is 18.8 Å². The third-order valence-electron chi connectivity index (χ3n) is 4.45. The molecule has 1 aliphatic rings.